The van der Waals surface area contributed by atoms with Crippen LogP contribution in [0.25, 0.3) is 0 Å². The number of rotatable bonds is 3. The highest BCUT2D eigenvalue weighted by Gasteiger charge is 2.16. The number of amides is 2. The first-order valence-electron chi connectivity index (χ1n) is 8.07. The molecule has 0 fully saturated rings. The van der Waals surface area contributed by atoms with Crippen LogP contribution in [0.1, 0.15) is 44.9 Å². The van der Waals surface area contributed by atoms with E-state index >= 15 is 0 Å². The summed E-state index contributed by atoms with van der Waals surface area (Å²) in [5, 5.41) is 0. The van der Waals surface area contributed by atoms with Crippen LogP contribution in [-0.4, -0.2) is 11.8 Å². The topological polar surface area (TPSA) is 58.2 Å². The van der Waals surface area contributed by atoms with Crippen LogP contribution < -0.4 is 10.9 Å². The Balaban J connectivity index is 1.54. The van der Waals surface area contributed by atoms with Crippen molar-refractivity contribution in [2.45, 2.75) is 38.5 Å². The van der Waals surface area contributed by atoms with E-state index in [0.29, 0.717) is 10.4 Å². The van der Waals surface area contributed by atoms with Gasteiger partial charge in [-0.25, -0.2) is 4.39 Å². The molecule has 0 unspecified atom stereocenters. The molecule has 1 aliphatic carbocycles. The zero-order valence-corrected chi connectivity index (χ0v) is 14.0. The Hall–Kier alpha value is -2.21. The van der Waals surface area contributed by atoms with E-state index < -0.39 is 0 Å². The Labute approximate surface area is 144 Å². The smallest absolute Gasteiger partial charge is 0.273 e. The van der Waals surface area contributed by atoms with Crippen molar-refractivity contribution in [2.24, 2.45) is 0 Å². The zero-order valence-electron chi connectivity index (χ0n) is 13.2. The zero-order chi connectivity index (χ0) is 16.9. The number of thiophene rings is 1. The van der Waals surface area contributed by atoms with Crippen LogP contribution in [0.3, 0.4) is 0 Å². The molecule has 0 saturated carbocycles. The largest absolute Gasteiger partial charge is 0.279 e. The second-order valence-electron chi connectivity index (χ2n) is 5.93. The summed E-state index contributed by atoms with van der Waals surface area (Å²) in [5.41, 5.74) is 6.64. The highest BCUT2D eigenvalue weighted by molar-refractivity contribution is 7.14. The summed E-state index contributed by atoms with van der Waals surface area (Å²) in [7, 11) is 0. The summed E-state index contributed by atoms with van der Waals surface area (Å²) in [6.45, 7) is 0. The number of fused-ring (bicyclic) bond motifs is 1. The number of hydrogen-bond acceptors (Lipinski definition) is 3. The average Bonchev–Trinajstić information content (AvgIpc) is 2.84. The second-order valence-corrected chi connectivity index (χ2v) is 7.07. The molecular formula is C18H19FN2O2S. The van der Waals surface area contributed by atoms with Crippen molar-refractivity contribution in [1.82, 2.24) is 10.9 Å². The average molecular weight is 346 g/mol. The maximum Gasteiger partial charge on any atom is 0.279 e. The lowest BCUT2D eigenvalue weighted by molar-refractivity contribution is -0.121. The third-order valence-electron chi connectivity index (χ3n) is 4.04. The van der Waals surface area contributed by atoms with Gasteiger partial charge in [-0.15, -0.1) is 11.3 Å². The minimum Gasteiger partial charge on any atom is -0.273 e. The van der Waals surface area contributed by atoms with Gasteiger partial charge in [0.2, 0.25) is 5.91 Å². The van der Waals surface area contributed by atoms with E-state index in [9.17, 15) is 14.0 Å². The van der Waals surface area contributed by atoms with Crippen LogP contribution in [-0.2, 0) is 24.1 Å². The molecule has 2 amide bonds. The molecule has 0 aliphatic heterocycles. The van der Waals surface area contributed by atoms with E-state index in [1.165, 1.54) is 46.8 Å². The lowest BCUT2D eigenvalue weighted by Crippen LogP contribution is -2.42. The molecule has 3 rings (SSSR count). The summed E-state index contributed by atoms with van der Waals surface area (Å²) in [5.74, 6) is -1.07. The van der Waals surface area contributed by atoms with E-state index in [1.54, 1.807) is 12.1 Å². The summed E-state index contributed by atoms with van der Waals surface area (Å²) in [6, 6.07) is 7.77. The molecule has 0 bridgehead atoms. The number of halogens is 1. The predicted octanol–water partition coefficient (Wildman–Crippen LogP) is 3.16. The number of benzene rings is 1. The van der Waals surface area contributed by atoms with Crippen LogP contribution in [0.2, 0.25) is 0 Å². The van der Waals surface area contributed by atoms with E-state index in [4.69, 9.17) is 0 Å². The number of carbonyl (C=O) groups is 2. The van der Waals surface area contributed by atoms with Crippen molar-refractivity contribution < 1.29 is 14.0 Å². The third-order valence-corrected chi connectivity index (χ3v) is 5.28. The molecule has 0 atom stereocenters. The van der Waals surface area contributed by atoms with Crippen molar-refractivity contribution in [1.29, 1.82) is 0 Å². The fraction of sp³-hybridized carbons (Fsp3) is 0.333. The Morgan fingerprint density at radius 1 is 1.08 bits per heavy atom. The van der Waals surface area contributed by atoms with Crippen molar-refractivity contribution in [3.8, 4) is 0 Å². The Morgan fingerprint density at radius 3 is 2.75 bits per heavy atom. The predicted molar refractivity (Wildman–Crippen MR) is 91.3 cm³/mol. The molecule has 1 aromatic carbocycles. The number of aryl methyl sites for hydroxylation is 2. The van der Waals surface area contributed by atoms with Gasteiger partial charge in [0.05, 0.1) is 11.3 Å². The van der Waals surface area contributed by atoms with E-state index in [0.717, 1.165) is 19.3 Å². The van der Waals surface area contributed by atoms with Gasteiger partial charge < -0.3 is 0 Å². The van der Waals surface area contributed by atoms with Crippen molar-refractivity contribution in [2.75, 3.05) is 0 Å². The molecular weight excluding hydrogens is 327 g/mol. The van der Waals surface area contributed by atoms with Crippen LogP contribution in [0.15, 0.2) is 30.3 Å². The van der Waals surface area contributed by atoms with Crippen molar-refractivity contribution in [3.63, 3.8) is 0 Å². The second kappa shape index (κ2) is 7.57. The lowest BCUT2D eigenvalue weighted by atomic mass is 10.1. The van der Waals surface area contributed by atoms with Crippen molar-refractivity contribution in [3.05, 3.63) is 57.0 Å². The van der Waals surface area contributed by atoms with Crippen LogP contribution >= 0.6 is 11.3 Å². The molecule has 1 aromatic heterocycles. The van der Waals surface area contributed by atoms with Gasteiger partial charge in [0.1, 0.15) is 5.82 Å². The van der Waals surface area contributed by atoms with Gasteiger partial charge >= 0.3 is 0 Å². The monoisotopic (exact) mass is 346 g/mol. The summed E-state index contributed by atoms with van der Waals surface area (Å²) in [6.07, 6.45) is 5.62. The van der Waals surface area contributed by atoms with E-state index in [1.807, 2.05) is 6.07 Å². The molecule has 0 radical (unpaired) electrons. The van der Waals surface area contributed by atoms with Gasteiger partial charge in [-0.3, -0.25) is 20.4 Å². The molecule has 0 spiro atoms. The first-order chi connectivity index (χ1) is 11.6. The summed E-state index contributed by atoms with van der Waals surface area (Å²) in [4.78, 5) is 25.9. The minimum absolute atomic E-state index is 0.0129. The van der Waals surface area contributed by atoms with Crippen LogP contribution in [0, 0.1) is 5.82 Å². The first kappa shape index (κ1) is 16.6. The highest BCUT2D eigenvalue weighted by Crippen LogP contribution is 2.28. The molecule has 1 heterocycles. The minimum atomic E-state index is -0.385. The molecule has 2 aromatic rings. The van der Waals surface area contributed by atoms with Gasteiger partial charge in [0.25, 0.3) is 5.91 Å². The standard InChI is InChI=1S/C18H19FN2O2S/c19-14-7-4-5-12(9-14)10-17(22)20-21-18(23)16-11-13-6-2-1-3-8-15(13)24-16/h4-5,7,9,11H,1-3,6,8,10H2,(H,20,22)(H,21,23). The van der Waals surface area contributed by atoms with E-state index in [-0.39, 0.29) is 24.1 Å². The van der Waals surface area contributed by atoms with Gasteiger partial charge in [-0.05, 0) is 55.0 Å². The van der Waals surface area contributed by atoms with Gasteiger partial charge in [0, 0.05) is 4.88 Å². The Bertz CT molecular complexity index is 734. The quantitative estimate of drug-likeness (QED) is 0.662. The maximum atomic E-state index is 13.1. The summed E-state index contributed by atoms with van der Waals surface area (Å²) < 4.78 is 13.1. The molecule has 1 aliphatic rings. The van der Waals surface area contributed by atoms with Gasteiger partial charge in [0.15, 0.2) is 0 Å². The molecule has 0 saturated heterocycles. The SMILES string of the molecule is O=C(Cc1cccc(F)c1)NNC(=O)c1cc2c(s1)CCCCC2. The molecule has 4 nitrogen and oxygen atoms in total. The third kappa shape index (κ3) is 4.20. The molecule has 6 heteroatoms. The number of nitrogens with one attached hydrogen (secondary N) is 2. The van der Waals surface area contributed by atoms with Gasteiger partial charge in [-0.2, -0.15) is 0 Å². The molecule has 24 heavy (non-hydrogen) atoms. The summed E-state index contributed by atoms with van der Waals surface area (Å²) >= 11 is 1.50. The number of hydrogen-bond donors (Lipinski definition) is 2. The number of hydrazine groups is 1. The fourth-order valence-corrected chi connectivity index (χ4v) is 3.99. The first-order valence-corrected chi connectivity index (χ1v) is 8.88. The Morgan fingerprint density at radius 2 is 1.92 bits per heavy atom. The molecule has 2 N–H and O–H groups in total. The van der Waals surface area contributed by atoms with Crippen molar-refractivity contribution >= 4 is 23.2 Å². The highest BCUT2D eigenvalue weighted by atomic mass is 32.1. The maximum absolute atomic E-state index is 13.1. The lowest BCUT2D eigenvalue weighted by Gasteiger charge is -2.06. The number of carbonyl (C=O) groups excluding carboxylic acids is 2. The van der Waals surface area contributed by atoms with Gasteiger partial charge in [-0.1, -0.05) is 18.6 Å². The Kier molecular flexibility index (Phi) is 5.25. The molecule has 126 valence electrons. The normalized spacial score (nSPS) is 13.7. The van der Waals surface area contributed by atoms with Crippen LogP contribution in [0.4, 0.5) is 4.39 Å². The van der Waals surface area contributed by atoms with E-state index in [2.05, 4.69) is 10.9 Å². The fourth-order valence-electron chi connectivity index (χ4n) is 2.84. The van der Waals surface area contributed by atoms with Crippen LogP contribution in [0.5, 0.6) is 0 Å².